The van der Waals surface area contributed by atoms with Gasteiger partial charge in [-0.15, -0.1) is 0 Å². The highest BCUT2D eigenvalue weighted by molar-refractivity contribution is 8.26. The number of esters is 1. The predicted octanol–water partition coefficient (Wildman–Crippen LogP) is 1.87. The Morgan fingerprint density at radius 1 is 1.36 bits per heavy atom. The zero-order valence-corrected chi connectivity index (χ0v) is 22.1. The van der Waals surface area contributed by atoms with Gasteiger partial charge >= 0.3 is 5.97 Å². The van der Waals surface area contributed by atoms with E-state index in [4.69, 9.17) is 21.9 Å². The first-order valence-corrected chi connectivity index (χ1v) is 12.8. The number of thiocarbonyl (C=S) groups is 1. The molecule has 0 saturated carbocycles. The average molecular weight is 530 g/mol. The topological polar surface area (TPSA) is 113 Å². The summed E-state index contributed by atoms with van der Waals surface area (Å²) in [5.74, 6) is -0.985. The van der Waals surface area contributed by atoms with Crippen LogP contribution in [-0.2, 0) is 19.1 Å². The third-order valence-corrected chi connectivity index (χ3v) is 7.64. The van der Waals surface area contributed by atoms with Crippen LogP contribution in [0.5, 0.6) is 0 Å². The Morgan fingerprint density at radius 3 is 2.81 bits per heavy atom. The maximum Gasteiger partial charge on any atom is 0.308 e. The Morgan fingerprint density at radius 2 is 2.11 bits per heavy atom. The van der Waals surface area contributed by atoms with E-state index in [-0.39, 0.29) is 35.7 Å². The molecule has 12 heteroatoms. The molecule has 2 aromatic rings. The van der Waals surface area contributed by atoms with Crippen LogP contribution in [-0.4, -0.2) is 68.7 Å². The van der Waals surface area contributed by atoms with Gasteiger partial charge in [-0.1, -0.05) is 37.0 Å². The minimum atomic E-state index is -0.923. The lowest BCUT2D eigenvalue weighted by Gasteiger charge is -2.36. The van der Waals surface area contributed by atoms with Gasteiger partial charge in [0, 0.05) is 25.3 Å². The van der Waals surface area contributed by atoms with Crippen LogP contribution in [0.15, 0.2) is 28.0 Å². The number of hydrogen-bond donors (Lipinski definition) is 1. The lowest BCUT2D eigenvalue weighted by Crippen LogP contribution is -2.57. The number of fused-ring (bicyclic) bond motifs is 1. The van der Waals surface area contributed by atoms with E-state index >= 15 is 0 Å². The molecule has 2 aliphatic rings. The lowest BCUT2D eigenvalue weighted by atomic mass is 10.1. The van der Waals surface area contributed by atoms with Crippen molar-refractivity contribution in [3.05, 3.63) is 44.7 Å². The van der Waals surface area contributed by atoms with E-state index in [0.717, 1.165) is 23.7 Å². The number of carbonyl (C=O) groups excluding carboxylic acids is 3. The summed E-state index contributed by atoms with van der Waals surface area (Å²) in [6.45, 7) is 6.36. The van der Waals surface area contributed by atoms with Gasteiger partial charge in [0.15, 0.2) is 0 Å². The minimum absolute atomic E-state index is 0.0865. The number of nitrogens with zero attached hydrogens (tertiary/aromatic N) is 4. The van der Waals surface area contributed by atoms with Crippen LogP contribution in [0.3, 0.4) is 0 Å². The quantitative estimate of drug-likeness (QED) is 0.340. The number of ether oxygens (including phenoxy) is 1. The predicted molar refractivity (Wildman–Crippen MR) is 142 cm³/mol. The first-order valence-electron chi connectivity index (χ1n) is 11.6. The largest absolute Gasteiger partial charge is 0.469 e. The number of aryl methyl sites for hydroxylation is 1. The van der Waals surface area contributed by atoms with Gasteiger partial charge in [0.1, 0.15) is 21.8 Å². The molecule has 0 aromatic carbocycles. The van der Waals surface area contributed by atoms with Crippen molar-refractivity contribution in [2.24, 2.45) is 0 Å². The van der Waals surface area contributed by atoms with Crippen LogP contribution in [0.1, 0.15) is 37.8 Å². The van der Waals surface area contributed by atoms with Gasteiger partial charge in [-0.3, -0.25) is 28.5 Å². The lowest BCUT2D eigenvalue weighted by molar-refractivity contribution is -0.143. The van der Waals surface area contributed by atoms with Gasteiger partial charge in [0.2, 0.25) is 5.91 Å². The fourth-order valence-electron chi connectivity index (χ4n) is 4.18. The van der Waals surface area contributed by atoms with Crippen LogP contribution in [0.25, 0.3) is 11.7 Å². The standard InChI is InChI=1S/C24H27N5O5S2/c1-5-14(3)29-23(33)17(36-24(29)35)10-15-20(26-18-7-6-13(2)12-28(18)22(15)32)27-9-8-25-21(31)16(27)11-19(30)34-4/h6-7,10,12,14,16H,5,8-9,11H2,1-4H3,(H,25,31)/b17-10-/t14-,16+/m1/s1. The first-order chi connectivity index (χ1) is 17.2. The average Bonchev–Trinajstić information content (AvgIpc) is 3.14. The van der Waals surface area contributed by atoms with Crippen molar-refractivity contribution in [3.8, 4) is 0 Å². The van der Waals surface area contributed by atoms with Crippen LogP contribution in [0, 0.1) is 6.92 Å². The summed E-state index contributed by atoms with van der Waals surface area (Å²) in [6, 6.07) is 2.53. The number of piperazine rings is 1. The zero-order chi connectivity index (χ0) is 26.1. The van der Waals surface area contributed by atoms with Gasteiger partial charge in [0.05, 0.1) is 24.0 Å². The van der Waals surface area contributed by atoms with E-state index in [1.807, 2.05) is 26.8 Å². The molecule has 2 amide bonds. The van der Waals surface area contributed by atoms with Crippen LogP contribution in [0.4, 0.5) is 5.82 Å². The highest BCUT2D eigenvalue weighted by atomic mass is 32.2. The minimum Gasteiger partial charge on any atom is -0.469 e. The van der Waals surface area contributed by atoms with Crippen molar-refractivity contribution < 1.29 is 19.1 Å². The van der Waals surface area contributed by atoms with Crippen molar-refractivity contribution in [1.29, 1.82) is 0 Å². The van der Waals surface area contributed by atoms with E-state index in [0.29, 0.717) is 28.0 Å². The molecule has 2 atom stereocenters. The Labute approximate surface area is 217 Å². The maximum atomic E-state index is 13.8. The monoisotopic (exact) mass is 529 g/mol. The fourth-order valence-corrected chi connectivity index (χ4v) is 5.62. The molecule has 0 radical (unpaired) electrons. The Hall–Kier alpha value is -3.25. The smallest absolute Gasteiger partial charge is 0.308 e. The molecule has 1 N–H and O–H groups in total. The molecule has 2 aliphatic heterocycles. The molecular formula is C24H27N5O5S2. The van der Waals surface area contributed by atoms with E-state index in [2.05, 4.69) is 5.32 Å². The van der Waals surface area contributed by atoms with Crippen molar-refractivity contribution in [2.45, 2.75) is 45.7 Å². The van der Waals surface area contributed by atoms with Crippen molar-refractivity contribution >= 4 is 63.6 Å². The Kier molecular flexibility index (Phi) is 7.46. The Balaban J connectivity index is 1.91. The number of nitrogens with one attached hydrogen (secondary N) is 1. The molecule has 10 nitrogen and oxygen atoms in total. The SMILES string of the molecule is CC[C@@H](C)N1C(=O)/C(=C/c2c(N3CCNC(=O)[C@@H]3CC(=O)OC)nc3ccc(C)cn3c2=O)SC1=S. The summed E-state index contributed by atoms with van der Waals surface area (Å²) in [5.41, 5.74) is 0.990. The fraction of sp³-hybridized carbons (Fsp3) is 0.417. The van der Waals surface area contributed by atoms with Gasteiger partial charge in [-0.05, 0) is 38.0 Å². The third kappa shape index (κ3) is 4.74. The summed E-state index contributed by atoms with van der Waals surface area (Å²) in [6.07, 6.45) is 3.68. The number of rotatable bonds is 6. The molecule has 2 fully saturated rings. The van der Waals surface area contributed by atoms with E-state index in [1.54, 1.807) is 22.1 Å². The summed E-state index contributed by atoms with van der Waals surface area (Å²) in [5, 5.41) is 2.75. The number of amides is 2. The number of carbonyl (C=O) groups is 3. The molecule has 0 bridgehead atoms. The number of hydrogen-bond acceptors (Lipinski definition) is 9. The summed E-state index contributed by atoms with van der Waals surface area (Å²) < 4.78 is 6.63. The molecule has 36 heavy (non-hydrogen) atoms. The van der Waals surface area contributed by atoms with Crippen molar-refractivity contribution in [1.82, 2.24) is 19.6 Å². The second-order valence-corrected chi connectivity index (χ2v) is 10.4. The summed E-state index contributed by atoms with van der Waals surface area (Å²) >= 11 is 6.58. The van der Waals surface area contributed by atoms with Gasteiger partial charge < -0.3 is 15.0 Å². The van der Waals surface area contributed by atoms with E-state index < -0.39 is 17.6 Å². The second kappa shape index (κ2) is 10.4. The zero-order valence-electron chi connectivity index (χ0n) is 20.4. The normalized spacial score (nSPS) is 20.3. The number of thioether (sulfide) groups is 1. The first kappa shape index (κ1) is 25.8. The summed E-state index contributed by atoms with van der Waals surface area (Å²) in [7, 11) is 1.25. The molecule has 4 rings (SSSR count). The van der Waals surface area contributed by atoms with Gasteiger partial charge in [-0.2, -0.15) is 0 Å². The van der Waals surface area contributed by atoms with E-state index in [1.165, 1.54) is 17.6 Å². The highest BCUT2D eigenvalue weighted by Gasteiger charge is 2.37. The number of methoxy groups -OCH3 is 1. The Bertz CT molecular complexity index is 1350. The van der Waals surface area contributed by atoms with Gasteiger partial charge in [-0.25, -0.2) is 4.98 Å². The third-order valence-electron chi connectivity index (χ3n) is 6.31. The summed E-state index contributed by atoms with van der Waals surface area (Å²) in [4.78, 5) is 60.0. The number of pyridine rings is 1. The molecular weight excluding hydrogens is 502 g/mol. The molecule has 4 heterocycles. The molecule has 190 valence electrons. The maximum absolute atomic E-state index is 13.8. The van der Waals surface area contributed by atoms with Crippen LogP contribution >= 0.6 is 24.0 Å². The molecule has 0 aliphatic carbocycles. The molecule has 2 aromatic heterocycles. The highest BCUT2D eigenvalue weighted by Crippen LogP contribution is 2.35. The molecule has 0 spiro atoms. The van der Waals surface area contributed by atoms with Crippen molar-refractivity contribution in [3.63, 3.8) is 0 Å². The second-order valence-electron chi connectivity index (χ2n) is 8.68. The molecule has 2 saturated heterocycles. The van der Waals surface area contributed by atoms with Crippen LogP contribution < -0.4 is 15.8 Å². The number of aromatic nitrogens is 2. The van der Waals surface area contributed by atoms with Crippen LogP contribution in [0.2, 0.25) is 0 Å². The van der Waals surface area contributed by atoms with Gasteiger partial charge in [0.25, 0.3) is 11.5 Å². The molecule has 0 unspecified atom stereocenters. The van der Waals surface area contributed by atoms with E-state index in [9.17, 15) is 19.2 Å². The number of anilines is 1. The van der Waals surface area contributed by atoms with Crippen molar-refractivity contribution in [2.75, 3.05) is 25.1 Å².